The Morgan fingerprint density at radius 2 is 2.00 bits per heavy atom. The molecule has 10 heavy (non-hydrogen) atoms. The first-order valence-electron chi connectivity index (χ1n) is 3.41. The van der Waals surface area contributed by atoms with E-state index in [0.717, 1.165) is 13.1 Å². The summed E-state index contributed by atoms with van der Waals surface area (Å²) in [5, 5.41) is 2.88. The van der Waals surface area contributed by atoms with Crippen molar-refractivity contribution in [2.75, 3.05) is 19.3 Å². The van der Waals surface area contributed by atoms with Gasteiger partial charge < -0.3 is 5.32 Å². The molecule has 3 nitrogen and oxygen atoms in total. The Labute approximate surface area is 61.7 Å². The molecule has 0 amide bonds. The van der Waals surface area contributed by atoms with E-state index < -0.39 is 9.84 Å². The molecule has 0 aliphatic carbocycles. The van der Waals surface area contributed by atoms with Gasteiger partial charge in [-0.25, -0.2) is 8.42 Å². The summed E-state index contributed by atoms with van der Waals surface area (Å²) in [6.45, 7) is 3.49. The molecule has 1 saturated heterocycles. The smallest absolute Gasteiger partial charge is 0.150 e. The van der Waals surface area contributed by atoms with Gasteiger partial charge in [0, 0.05) is 25.3 Å². The molecule has 1 N–H and O–H groups in total. The third kappa shape index (κ3) is 1.49. The molecule has 1 fully saturated rings. The zero-order valence-corrected chi connectivity index (χ0v) is 7.11. The minimum atomic E-state index is -2.80. The fraction of sp³-hybridized carbons (Fsp3) is 1.00. The summed E-state index contributed by atoms with van der Waals surface area (Å²) in [5.74, 6) is 0.343. The summed E-state index contributed by atoms with van der Waals surface area (Å²) < 4.78 is 21.9. The molecule has 0 aromatic carbocycles. The molecule has 1 atom stereocenters. The molecule has 0 bridgehead atoms. The summed E-state index contributed by atoms with van der Waals surface area (Å²) in [6, 6.07) is 0. The quantitative estimate of drug-likeness (QED) is 0.604. The second-order valence-corrected chi connectivity index (χ2v) is 5.36. The molecule has 1 aliphatic rings. The lowest BCUT2D eigenvalue weighted by atomic mass is 10.0. The van der Waals surface area contributed by atoms with Crippen molar-refractivity contribution in [3.63, 3.8) is 0 Å². The van der Waals surface area contributed by atoms with Gasteiger partial charge >= 0.3 is 0 Å². The van der Waals surface area contributed by atoms with E-state index in [4.69, 9.17) is 0 Å². The maximum Gasteiger partial charge on any atom is 0.150 e. The monoisotopic (exact) mass is 163 g/mol. The standard InChI is InChI=1S/C6H13NO2S/c1-5(10(2,8)9)6-3-7-4-6/h5-7H,3-4H2,1-2H3. The Morgan fingerprint density at radius 1 is 1.50 bits per heavy atom. The second-order valence-electron chi connectivity index (χ2n) is 2.95. The topological polar surface area (TPSA) is 46.2 Å². The highest BCUT2D eigenvalue weighted by molar-refractivity contribution is 7.91. The first kappa shape index (κ1) is 8.01. The van der Waals surface area contributed by atoms with E-state index in [-0.39, 0.29) is 5.25 Å². The van der Waals surface area contributed by atoms with Crippen LogP contribution in [0, 0.1) is 5.92 Å². The zero-order valence-electron chi connectivity index (χ0n) is 6.29. The van der Waals surface area contributed by atoms with Crippen molar-refractivity contribution >= 4 is 9.84 Å². The Morgan fingerprint density at radius 3 is 2.10 bits per heavy atom. The molecule has 1 unspecified atom stereocenters. The average molecular weight is 163 g/mol. The number of hydrogen-bond donors (Lipinski definition) is 1. The van der Waals surface area contributed by atoms with Gasteiger partial charge in [0.15, 0.2) is 0 Å². The summed E-state index contributed by atoms with van der Waals surface area (Å²) in [7, 11) is -2.80. The molecule has 0 spiro atoms. The lowest BCUT2D eigenvalue weighted by Gasteiger charge is -2.31. The van der Waals surface area contributed by atoms with Gasteiger partial charge in [-0.1, -0.05) is 0 Å². The molecular formula is C6H13NO2S. The van der Waals surface area contributed by atoms with Gasteiger partial charge in [0.1, 0.15) is 9.84 Å². The molecule has 0 aromatic rings. The zero-order chi connectivity index (χ0) is 7.78. The van der Waals surface area contributed by atoms with Gasteiger partial charge in [-0.05, 0) is 6.92 Å². The van der Waals surface area contributed by atoms with E-state index in [1.165, 1.54) is 6.26 Å². The van der Waals surface area contributed by atoms with Gasteiger partial charge in [0.25, 0.3) is 0 Å². The van der Waals surface area contributed by atoms with E-state index in [2.05, 4.69) is 5.32 Å². The van der Waals surface area contributed by atoms with E-state index >= 15 is 0 Å². The number of rotatable bonds is 2. The third-order valence-electron chi connectivity index (χ3n) is 2.15. The van der Waals surface area contributed by atoms with E-state index in [9.17, 15) is 8.42 Å². The third-order valence-corrected chi connectivity index (χ3v) is 3.89. The van der Waals surface area contributed by atoms with Crippen LogP contribution in [0.3, 0.4) is 0 Å². The Balaban J connectivity index is 2.56. The number of nitrogens with one attached hydrogen (secondary N) is 1. The summed E-state index contributed by atoms with van der Waals surface area (Å²) in [6.07, 6.45) is 1.30. The van der Waals surface area contributed by atoms with Gasteiger partial charge in [0.05, 0.1) is 5.25 Å². The molecule has 0 radical (unpaired) electrons. The van der Waals surface area contributed by atoms with Crippen molar-refractivity contribution in [1.29, 1.82) is 0 Å². The van der Waals surface area contributed by atoms with Crippen LogP contribution in [0.25, 0.3) is 0 Å². The predicted molar refractivity (Wildman–Crippen MR) is 40.7 cm³/mol. The molecule has 4 heteroatoms. The highest BCUT2D eigenvalue weighted by atomic mass is 32.2. The van der Waals surface area contributed by atoms with Crippen molar-refractivity contribution < 1.29 is 8.42 Å². The van der Waals surface area contributed by atoms with Crippen LogP contribution in [0.5, 0.6) is 0 Å². The summed E-state index contributed by atoms with van der Waals surface area (Å²) in [4.78, 5) is 0. The minimum absolute atomic E-state index is 0.172. The number of hydrogen-bond acceptors (Lipinski definition) is 3. The van der Waals surface area contributed by atoms with E-state index in [1.54, 1.807) is 6.92 Å². The highest BCUT2D eigenvalue weighted by Crippen LogP contribution is 2.15. The van der Waals surface area contributed by atoms with E-state index in [1.807, 2.05) is 0 Å². The lowest BCUT2D eigenvalue weighted by Crippen LogP contribution is -2.49. The van der Waals surface area contributed by atoms with Crippen molar-refractivity contribution in [1.82, 2.24) is 5.32 Å². The van der Waals surface area contributed by atoms with Crippen LogP contribution in [0.1, 0.15) is 6.92 Å². The van der Waals surface area contributed by atoms with Crippen molar-refractivity contribution in [3.8, 4) is 0 Å². The highest BCUT2D eigenvalue weighted by Gasteiger charge is 2.29. The van der Waals surface area contributed by atoms with Gasteiger partial charge in [-0.3, -0.25) is 0 Å². The van der Waals surface area contributed by atoms with Crippen LogP contribution in [-0.2, 0) is 9.84 Å². The fourth-order valence-corrected chi connectivity index (χ4v) is 1.88. The van der Waals surface area contributed by atoms with Gasteiger partial charge in [-0.15, -0.1) is 0 Å². The Kier molecular flexibility index (Phi) is 2.01. The van der Waals surface area contributed by atoms with Gasteiger partial charge in [0.2, 0.25) is 0 Å². The molecule has 60 valence electrons. The van der Waals surface area contributed by atoms with Crippen LogP contribution >= 0.6 is 0 Å². The minimum Gasteiger partial charge on any atom is -0.316 e. The molecule has 1 heterocycles. The first-order chi connectivity index (χ1) is 4.52. The van der Waals surface area contributed by atoms with Crippen LogP contribution in [0.4, 0.5) is 0 Å². The molecule has 1 rings (SSSR count). The molecule has 0 saturated carbocycles. The first-order valence-corrected chi connectivity index (χ1v) is 5.37. The fourth-order valence-electron chi connectivity index (χ4n) is 0.993. The van der Waals surface area contributed by atoms with E-state index in [0.29, 0.717) is 5.92 Å². The van der Waals surface area contributed by atoms with Crippen molar-refractivity contribution in [3.05, 3.63) is 0 Å². The lowest BCUT2D eigenvalue weighted by molar-refractivity contribution is 0.338. The van der Waals surface area contributed by atoms with Crippen LogP contribution in [-0.4, -0.2) is 33.0 Å². The number of sulfone groups is 1. The molecule has 0 aromatic heterocycles. The Hall–Kier alpha value is -0.0900. The maximum absolute atomic E-state index is 10.9. The molecule has 1 aliphatic heterocycles. The summed E-state index contributed by atoms with van der Waals surface area (Å²) >= 11 is 0. The molecular weight excluding hydrogens is 150 g/mol. The van der Waals surface area contributed by atoms with Crippen molar-refractivity contribution in [2.45, 2.75) is 12.2 Å². The second kappa shape index (κ2) is 2.51. The van der Waals surface area contributed by atoms with Crippen LogP contribution in [0.15, 0.2) is 0 Å². The maximum atomic E-state index is 10.9. The SMILES string of the molecule is CC(C1CNC1)S(C)(=O)=O. The summed E-state index contributed by atoms with van der Waals surface area (Å²) in [5.41, 5.74) is 0. The largest absolute Gasteiger partial charge is 0.316 e. The normalized spacial score (nSPS) is 23.8. The van der Waals surface area contributed by atoms with Crippen LogP contribution in [0.2, 0.25) is 0 Å². The predicted octanol–water partition coefficient (Wildman–Crippen LogP) is -0.361. The van der Waals surface area contributed by atoms with Crippen LogP contribution < -0.4 is 5.32 Å². The van der Waals surface area contributed by atoms with Gasteiger partial charge in [-0.2, -0.15) is 0 Å². The average Bonchev–Trinajstić information content (AvgIpc) is 1.57. The Bertz CT molecular complexity index is 206. The van der Waals surface area contributed by atoms with Crippen molar-refractivity contribution in [2.24, 2.45) is 5.92 Å².